The summed E-state index contributed by atoms with van der Waals surface area (Å²) in [5.41, 5.74) is 1.58. The van der Waals surface area contributed by atoms with Crippen molar-refractivity contribution in [2.45, 2.75) is 19.5 Å². The fraction of sp³-hybridized carbons (Fsp3) is 0.286. The average molecular weight is 415 g/mol. The summed E-state index contributed by atoms with van der Waals surface area (Å²) >= 11 is 5.31. The van der Waals surface area contributed by atoms with Crippen LogP contribution in [-0.4, -0.2) is 41.1 Å². The number of benzene rings is 2. The predicted molar refractivity (Wildman–Crippen MR) is 112 cm³/mol. The second-order valence-electron chi connectivity index (χ2n) is 6.78. The SMILES string of the molecule is COCCCn1c(=S)[nH]c2cc(C(=O)N(C)Cc3ccc(F)cc3)ccc2c1=O. The standard InChI is InChI=1S/C21H22FN3O3S/c1-24(13-14-4-7-16(22)8-5-14)19(26)15-6-9-17-18(12-15)23-21(29)25(20(17)27)10-3-11-28-2/h4-9,12H,3,10-11,13H2,1-2H3,(H,23,29). The van der Waals surface area contributed by atoms with Crippen LogP contribution in [0.15, 0.2) is 47.3 Å². The molecule has 0 saturated carbocycles. The summed E-state index contributed by atoms with van der Waals surface area (Å²) in [7, 11) is 3.28. The first-order valence-electron chi connectivity index (χ1n) is 9.16. The maximum atomic E-state index is 13.1. The van der Waals surface area contributed by atoms with Crippen LogP contribution in [0.5, 0.6) is 0 Å². The molecule has 29 heavy (non-hydrogen) atoms. The number of ether oxygens (including phenoxy) is 1. The molecule has 152 valence electrons. The highest BCUT2D eigenvalue weighted by Gasteiger charge is 2.14. The Bertz CT molecular complexity index is 1140. The molecule has 1 N–H and O–H groups in total. The summed E-state index contributed by atoms with van der Waals surface area (Å²) in [4.78, 5) is 30.1. The first-order valence-corrected chi connectivity index (χ1v) is 9.57. The number of amides is 1. The van der Waals surface area contributed by atoms with E-state index in [9.17, 15) is 14.0 Å². The van der Waals surface area contributed by atoms with E-state index < -0.39 is 0 Å². The van der Waals surface area contributed by atoms with Gasteiger partial charge in [-0.1, -0.05) is 12.1 Å². The van der Waals surface area contributed by atoms with E-state index in [1.165, 1.54) is 21.6 Å². The number of nitrogens with zero attached hydrogens (tertiary/aromatic N) is 2. The number of carbonyl (C=O) groups is 1. The lowest BCUT2D eigenvalue weighted by molar-refractivity contribution is 0.0785. The number of halogens is 1. The Hall–Kier alpha value is -2.84. The zero-order valence-electron chi connectivity index (χ0n) is 16.3. The molecule has 0 bridgehead atoms. The van der Waals surface area contributed by atoms with Crippen LogP contribution >= 0.6 is 12.2 Å². The summed E-state index contributed by atoms with van der Waals surface area (Å²) < 4.78 is 19.9. The van der Waals surface area contributed by atoms with E-state index in [0.717, 1.165) is 5.56 Å². The molecule has 0 aliphatic rings. The summed E-state index contributed by atoms with van der Waals surface area (Å²) in [6.45, 7) is 1.33. The van der Waals surface area contributed by atoms with Crippen LogP contribution in [0, 0.1) is 10.6 Å². The number of aromatic nitrogens is 2. The molecule has 0 unspecified atom stereocenters. The van der Waals surface area contributed by atoms with E-state index in [0.29, 0.717) is 47.4 Å². The van der Waals surface area contributed by atoms with E-state index in [1.807, 2.05) is 0 Å². The molecule has 1 heterocycles. The number of hydrogen-bond acceptors (Lipinski definition) is 4. The lowest BCUT2D eigenvalue weighted by Crippen LogP contribution is -2.27. The maximum Gasteiger partial charge on any atom is 0.262 e. The van der Waals surface area contributed by atoms with Gasteiger partial charge in [0.25, 0.3) is 11.5 Å². The molecular weight excluding hydrogens is 393 g/mol. The highest BCUT2D eigenvalue weighted by Crippen LogP contribution is 2.14. The quantitative estimate of drug-likeness (QED) is 0.474. The van der Waals surface area contributed by atoms with Crippen molar-refractivity contribution in [2.75, 3.05) is 20.8 Å². The Morgan fingerprint density at radius 1 is 1.24 bits per heavy atom. The van der Waals surface area contributed by atoms with Gasteiger partial charge in [-0.05, 0) is 54.5 Å². The molecule has 0 atom stereocenters. The Balaban J connectivity index is 1.85. The van der Waals surface area contributed by atoms with E-state index in [4.69, 9.17) is 17.0 Å². The first-order chi connectivity index (χ1) is 13.9. The topological polar surface area (TPSA) is 67.3 Å². The van der Waals surface area contributed by atoms with Gasteiger partial charge in [0, 0.05) is 39.4 Å². The van der Waals surface area contributed by atoms with Gasteiger partial charge in [-0.2, -0.15) is 0 Å². The highest BCUT2D eigenvalue weighted by molar-refractivity contribution is 7.71. The number of rotatable bonds is 7. The van der Waals surface area contributed by atoms with Crippen molar-refractivity contribution in [3.05, 3.63) is 74.5 Å². The third kappa shape index (κ3) is 4.78. The number of carbonyl (C=O) groups excluding carboxylic acids is 1. The van der Waals surface area contributed by atoms with Crippen LogP contribution in [-0.2, 0) is 17.8 Å². The van der Waals surface area contributed by atoms with Crippen LogP contribution < -0.4 is 5.56 Å². The van der Waals surface area contributed by atoms with E-state index in [2.05, 4.69) is 4.98 Å². The Kier molecular flexibility index (Phi) is 6.56. The second kappa shape index (κ2) is 9.11. The van der Waals surface area contributed by atoms with Crippen LogP contribution in [0.4, 0.5) is 4.39 Å². The minimum Gasteiger partial charge on any atom is -0.385 e. The molecular formula is C21H22FN3O3S. The van der Waals surface area contributed by atoms with E-state index in [1.54, 1.807) is 44.5 Å². The van der Waals surface area contributed by atoms with Crippen LogP contribution in [0.1, 0.15) is 22.3 Å². The van der Waals surface area contributed by atoms with Gasteiger partial charge >= 0.3 is 0 Å². The number of nitrogens with one attached hydrogen (secondary N) is 1. The largest absolute Gasteiger partial charge is 0.385 e. The normalized spacial score (nSPS) is 11.0. The zero-order valence-corrected chi connectivity index (χ0v) is 17.1. The second-order valence-corrected chi connectivity index (χ2v) is 7.17. The minimum atomic E-state index is -0.319. The first kappa shape index (κ1) is 20.9. The maximum absolute atomic E-state index is 13.1. The van der Waals surface area contributed by atoms with Gasteiger partial charge in [0.2, 0.25) is 0 Å². The fourth-order valence-electron chi connectivity index (χ4n) is 3.11. The number of H-pyrrole nitrogens is 1. The van der Waals surface area contributed by atoms with Gasteiger partial charge in [-0.3, -0.25) is 14.2 Å². The summed E-state index contributed by atoms with van der Waals surface area (Å²) in [5.74, 6) is -0.528. The van der Waals surface area contributed by atoms with Crippen LogP contribution in [0.2, 0.25) is 0 Å². The van der Waals surface area contributed by atoms with Crippen LogP contribution in [0.3, 0.4) is 0 Å². The average Bonchev–Trinajstić information content (AvgIpc) is 2.71. The van der Waals surface area contributed by atoms with Gasteiger partial charge in [0.1, 0.15) is 5.82 Å². The lowest BCUT2D eigenvalue weighted by atomic mass is 10.1. The van der Waals surface area contributed by atoms with Crippen LogP contribution in [0.25, 0.3) is 10.9 Å². The molecule has 0 aliphatic carbocycles. The number of aromatic amines is 1. The number of hydrogen-bond donors (Lipinski definition) is 1. The molecule has 3 aromatic rings. The summed E-state index contributed by atoms with van der Waals surface area (Å²) in [5, 5.41) is 0.466. The Labute approximate surface area is 172 Å². The predicted octanol–water partition coefficient (Wildman–Crippen LogP) is 3.51. The third-order valence-electron chi connectivity index (χ3n) is 4.64. The number of fused-ring (bicyclic) bond motifs is 1. The molecule has 3 rings (SSSR count). The van der Waals surface area contributed by atoms with E-state index in [-0.39, 0.29) is 17.3 Å². The van der Waals surface area contributed by atoms with Gasteiger partial charge < -0.3 is 14.6 Å². The molecule has 6 nitrogen and oxygen atoms in total. The van der Waals surface area contributed by atoms with E-state index >= 15 is 0 Å². The Morgan fingerprint density at radius 3 is 2.66 bits per heavy atom. The van der Waals surface area contributed by atoms with Crippen molar-refractivity contribution in [1.82, 2.24) is 14.5 Å². The van der Waals surface area contributed by atoms with Crippen molar-refractivity contribution in [2.24, 2.45) is 0 Å². The van der Waals surface area contributed by atoms with Gasteiger partial charge in [-0.25, -0.2) is 4.39 Å². The minimum absolute atomic E-state index is 0.196. The van der Waals surface area contributed by atoms with Crippen molar-refractivity contribution in [1.29, 1.82) is 0 Å². The summed E-state index contributed by atoms with van der Waals surface area (Å²) in [6.07, 6.45) is 0.671. The van der Waals surface area contributed by atoms with Crippen molar-refractivity contribution in [3.8, 4) is 0 Å². The zero-order chi connectivity index (χ0) is 21.0. The molecule has 0 fully saturated rings. The smallest absolute Gasteiger partial charge is 0.262 e. The molecule has 1 amide bonds. The molecule has 0 radical (unpaired) electrons. The monoisotopic (exact) mass is 415 g/mol. The fourth-order valence-corrected chi connectivity index (χ4v) is 3.40. The molecule has 0 aliphatic heterocycles. The molecule has 0 saturated heterocycles. The molecule has 8 heteroatoms. The Morgan fingerprint density at radius 2 is 1.97 bits per heavy atom. The third-order valence-corrected chi connectivity index (χ3v) is 4.96. The van der Waals surface area contributed by atoms with Crippen molar-refractivity contribution < 1.29 is 13.9 Å². The molecule has 2 aromatic carbocycles. The van der Waals surface area contributed by atoms with Crippen molar-refractivity contribution in [3.63, 3.8) is 0 Å². The molecule has 1 aromatic heterocycles. The number of methoxy groups -OCH3 is 1. The van der Waals surface area contributed by atoms with Gasteiger partial charge in [-0.15, -0.1) is 0 Å². The molecule has 0 spiro atoms. The highest BCUT2D eigenvalue weighted by atomic mass is 32.1. The van der Waals surface area contributed by atoms with Crippen molar-refractivity contribution >= 4 is 29.0 Å². The van der Waals surface area contributed by atoms with Gasteiger partial charge in [0.05, 0.1) is 10.9 Å². The summed E-state index contributed by atoms with van der Waals surface area (Å²) in [6, 6.07) is 10.9. The lowest BCUT2D eigenvalue weighted by Gasteiger charge is -2.18. The van der Waals surface area contributed by atoms with Gasteiger partial charge in [0.15, 0.2) is 4.77 Å².